The van der Waals surface area contributed by atoms with Gasteiger partial charge in [-0.15, -0.1) is 13.2 Å². The van der Waals surface area contributed by atoms with Crippen molar-refractivity contribution in [2.45, 2.75) is 45.5 Å². The van der Waals surface area contributed by atoms with Gasteiger partial charge in [-0.05, 0) is 73.4 Å². The number of benzene rings is 3. The van der Waals surface area contributed by atoms with Crippen LogP contribution in [0.5, 0.6) is 11.5 Å². The van der Waals surface area contributed by atoms with Gasteiger partial charge in [-0.3, -0.25) is 9.69 Å². The van der Waals surface area contributed by atoms with Gasteiger partial charge < -0.3 is 25.4 Å². The van der Waals surface area contributed by atoms with E-state index in [-0.39, 0.29) is 23.4 Å². The first-order chi connectivity index (χ1) is 21.4. The van der Waals surface area contributed by atoms with E-state index >= 15 is 0 Å². The van der Waals surface area contributed by atoms with Crippen molar-refractivity contribution in [1.82, 2.24) is 5.32 Å². The van der Waals surface area contributed by atoms with Crippen LogP contribution in [0.25, 0.3) is 0 Å². The third-order valence-electron chi connectivity index (χ3n) is 6.48. The molecular weight excluding hydrogens is 611 g/mol. The number of hydrogen-bond acceptors (Lipinski definition) is 6. The smallest absolute Gasteiger partial charge is 0.497 e. The van der Waals surface area contributed by atoms with Crippen molar-refractivity contribution in [3.63, 3.8) is 0 Å². The number of amidine groups is 1. The Morgan fingerprint density at radius 2 is 1.62 bits per heavy atom. The zero-order valence-corrected chi connectivity index (χ0v) is 25.6. The van der Waals surface area contributed by atoms with Crippen LogP contribution in [0.15, 0.2) is 71.7 Å². The number of methoxy groups -OCH3 is 1. The Kier molecular flexibility index (Phi) is 10.9. The van der Waals surface area contributed by atoms with Gasteiger partial charge in [0, 0.05) is 23.5 Å². The van der Waals surface area contributed by atoms with Gasteiger partial charge >= 0.3 is 18.4 Å². The Morgan fingerprint density at radius 1 is 1.00 bits per heavy atom. The number of carbonyl (C=O) groups excluding carboxylic acids is 3. The maximum Gasteiger partial charge on any atom is 0.573 e. The highest BCUT2D eigenvalue weighted by atomic mass is 32.2. The molecule has 3 aromatic carbocycles. The van der Waals surface area contributed by atoms with Gasteiger partial charge in [-0.25, -0.2) is 9.59 Å². The average molecular weight is 644 g/mol. The molecule has 3 aromatic rings. The second-order valence-electron chi connectivity index (χ2n) is 10.1. The van der Waals surface area contributed by atoms with Crippen LogP contribution in [-0.4, -0.2) is 48.4 Å². The van der Waals surface area contributed by atoms with Crippen molar-refractivity contribution in [2.24, 2.45) is 4.99 Å². The van der Waals surface area contributed by atoms with E-state index in [1.807, 2.05) is 26.0 Å². The van der Waals surface area contributed by atoms with Crippen molar-refractivity contribution in [2.75, 3.05) is 28.4 Å². The topological polar surface area (TPSA) is 121 Å². The number of halogens is 3. The van der Waals surface area contributed by atoms with E-state index in [0.717, 1.165) is 36.1 Å². The van der Waals surface area contributed by atoms with Gasteiger partial charge in [0.1, 0.15) is 11.5 Å². The van der Waals surface area contributed by atoms with Gasteiger partial charge in [-0.1, -0.05) is 43.3 Å². The molecule has 0 aromatic heterocycles. The van der Waals surface area contributed by atoms with Crippen LogP contribution in [0.3, 0.4) is 0 Å². The molecule has 1 saturated heterocycles. The molecule has 238 valence electrons. The molecule has 0 spiro atoms. The van der Waals surface area contributed by atoms with Crippen LogP contribution in [0.1, 0.15) is 31.4 Å². The van der Waals surface area contributed by atoms with Crippen molar-refractivity contribution >= 4 is 52.0 Å². The minimum atomic E-state index is -4.80. The third-order valence-corrected chi connectivity index (χ3v) is 7.41. The highest BCUT2D eigenvalue weighted by molar-refractivity contribution is 8.15. The highest BCUT2D eigenvalue weighted by Crippen LogP contribution is 2.33. The molecule has 0 bridgehead atoms. The van der Waals surface area contributed by atoms with Crippen molar-refractivity contribution in [3.05, 3.63) is 77.9 Å². The number of aryl methyl sites for hydroxylation is 1. The van der Waals surface area contributed by atoms with Crippen LogP contribution in [-0.2, 0) is 17.6 Å². The first-order valence-corrected chi connectivity index (χ1v) is 15.0. The molecule has 1 fully saturated rings. The number of amides is 5. The number of nitrogens with one attached hydrogen (secondary N) is 3. The van der Waals surface area contributed by atoms with Crippen molar-refractivity contribution < 1.29 is 37.0 Å². The van der Waals surface area contributed by atoms with Crippen molar-refractivity contribution in [3.8, 4) is 11.5 Å². The Labute approximate surface area is 262 Å². The summed E-state index contributed by atoms with van der Waals surface area (Å²) in [6.45, 7) is 3.88. The molecule has 0 aliphatic carbocycles. The maximum absolute atomic E-state index is 12.8. The highest BCUT2D eigenvalue weighted by Gasteiger charge is 2.32. The van der Waals surface area contributed by atoms with Gasteiger partial charge in [0.15, 0.2) is 5.17 Å². The molecule has 0 radical (unpaired) electrons. The molecule has 1 atom stereocenters. The first kappa shape index (κ1) is 33.2. The van der Waals surface area contributed by atoms with Gasteiger partial charge in [0.05, 0.1) is 18.6 Å². The molecule has 0 saturated carbocycles. The first-order valence-electron chi connectivity index (χ1n) is 14.0. The van der Waals surface area contributed by atoms with E-state index in [1.165, 1.54) is 28.8 Å². The molecule has 45 heavy (non-hydrogen) atoms. The lowest BCUT2D eigenvalue weighted by Gasteiger charge is -2.21. The van der Waals surface area contributed by atoms with E-state index in [4.69, 9.17) is 4.74 Å². The Balaban J connectivity index is 1.31. The van der Waals surface area contributed by atoms with Crippen LogP contribution in [0, 0.1) is 0 Å². The van der Waals surface area contributed by atoms with Gasteiger partial charge in [0.25, 0.3) is 0 Å². The summed E-state index contributed by atoms with van der Waals surface area (Å²) in [5.74, 6) is 0.208. The Hall–Kier alpha value is -4.72. The van der Waals surface area contributed by atoms with Crippen LogP contribution < -0.4 is 30.3 Å². The van der Waals surface area contributed by atoms with E-state index in [9.17, 15) is 27.6 Å². The largest absolute Gasteiger partial charge is 0.573 e. The number of thioether (sulfide) groups is 1. The molecule has 1 unspecified atom stereocenters. The summed E-state index contributed by atoms with van der Waals surface area (Å²) in [6.07, 6.45) is -2.70. The minimum absolute atomic E-state index is 0.166. The van der Waals surface area contributed by atoms with Crippen LogP contribution in [0.4, 0.5) is 39.8 Å². The molecule has 1 heterocycles. The Bertz CT molecular complexity index is 1550. The SMILES string of the molecule is CCCc1ccc(OC)cc1N1C(=O)CS/C1=N\C(=O)NC(C)Cc1ccc(NC(=O)Nc2ccc(OC(F)(F)F)cc2)cc1. The van der Waals surface area contributed by atoms with Gasteiger partial charge in [0.2, 0.25) is 5.91 Å². The van der Waals surface area contributed by atoms with Gasteiger partial charge in [-0.2, -0.15) is 4.99 Å². The summed E-state index contributed by atoms with van der Waals surface area (Å²) in [7, 11) is 1.55. The number of rotatable bonds is 10. The number of anilines is 3. The number of urea groups is 2. The zero-order chi connectivity index (χ0) is 32.6. The molecule has 4 rings (SSSR count). The second kappa shape index (κ2) is 14.8. The summed E-state index contributed by atoms with van der Waals surface area (Å²) in [5.41, 5.74) is 3.26. The molecular formula is C31H32F3N5O5S. The molecule has 14 heteroatoms. The fourth-order valence-electron chi connectivity index (χ4n) is 4.53. The summed E-state index contributed by atoms with van der Waals surface area (Å²) in [4.78, 5) is 43.6. The minimum Gasteiger partial charge on any atom is -0.497 e. The summed E-state index contributed by atoms with van der Waals surface area (Å²) >= 11 is 1.20. The van der Waals surface area contributed by atoms with Crippen molar-refractivity contribution in [1.29, 1.82) is 0 Å². The summed E-state index contributed by atoms with van der Waals surface area (Å²) < 4.78 is 46.1. The number of aliphatic imine (C=N–C) groups is 1. The average Bonchev–Trinajstić information content (AvgIpc) is 3.33. The fourth-order valence-corrected chi connectivity index (χ4v) is 5.39. The number of alkyl halides is 3. The molecule has 1 aliphatic rings. The Morgan fingerprint density at radius 3 is 2.22 bits per heavy atom. The quantitative estimate of drug-likeness (QED) is 0.220. The number of nitrogens with zero attached hydrogens (tertiary/aromatic N) is 2. The zero-order valence-electron chi connectivity index (χ0n) is 24.7. The number of carbonyl (C=O) groups is 3. The fraction of sp³-hybridized carbons (Fsp3) is 0.290. The molecule has 5 amide bonds. The maximum atomic E-state index is 12.8. The third kappa shape index (κ3) is 9.63. The second-order valence-corrected chi connectivity index (χ2v) is 11.0. The predicted octanol–water partition coefficient (Wildman–Crippen LogP) is 6.97. The van der Waals surface area contributed by atoms with Crippen LogP contribution in [0.2, 0.25) is 0 Å². The standard InChI is InChI=1S/C31H32F3N5O5S/c1-4-5-21-8-13-25(43-3)17-26(21)39-27(40)18-45-30(39)38-28(41)35-19(2)16-20-6-9-22(10-7-20)36-29(42)37-23-11-14-24(15-12-23)44-31(32,33)34/h6-15,17,19H,4-5,16,18H2,1-3H3,(H,35,41)(H2,36,37,42)/b38-30-. The lowest BCUT2D eigenvalue weighted by molar-refractivity contribution is -0.274. The molecule has 1 aliphatic heterocycles. The van der Waals surface area contributed by atoms with Crippen LogP contribution >= 0.6 is 11.8 Å². The molecule has 3 N–H and O–H groups in total. The van der Waals surface area contributed by atoms with E-state index in [1.54, 1.807) is 37.4 Å². The predicted molar refractivity (Wildman–Crippen MR) is 168 cm³/mol. The lowest BCUT2D eigenvalue weighted by Crippen LogP contribution is -2.35. The number of ether oxygens (including phenoxy) is 2. The van der Waals surface area contributed by atoms with E-state index in [0.29, 0.717) is 28.7 Å². The monoisotopic (exact) mass is 643 g/mol. The number of hydrogen-bond donors (Lipinski definition) is 3. The lowest BCUT2D eigenvalue weighted by atomic mass is 10.1. The van der Waals surface area contributed by atoms with E-state index in [2.05, 4.69) is 25.7 Å². The summed E-state index contributed by atoms with van der Waals surface area (Å²) in [5, 5.41) is 8.32. The van der Waals surface area contributed by atoms with E-state index < -0.39 is 24.2 Å². The molecule has 10 nitrogen and oxygen atoms in total. The normalized spacial score (nSPS) is 14.7. The summed E-state index contributed by atoms with van der Waals surface area (Å²) in [6, 6.07) is 15.8.